The van der Waals surface area contributed by atoms with E-state index in [1.807, 2.05) is 13.1 Å². The molecule has 1 aromatic carbocycles. The number of hydrogen-bond acceptors (Lipinski definition) is 4. The molecule has 1 aromatic heterocycles. The second kappa shape index (κ2) is 9.05. The summed E-state index contributed by atoms with van der Waals surface area (Å²) in [5, 5.41) is 7.36. The van der Waals surface area contributed by atoms with Crippen LogP contribution in [0, 0.1) is 0 Å². The Labute approximate surface area is 144 Å². The first kappa shape index (κ1) is 18.0. The minimum atomic E-state index is 0.297. The zero-order valence-corrected chi connectivity index (χ0v) is 15.0. The summed E-state index contributed by atoms with van der Waals surface area (Å²) >= 11 is 0. The predicted molar refractivity (Wildman–Crippen MR) is 96.0 cm³/mol. The van der Waals surface area contributed by atoms with Crippen LogP contribution in [0.1, 0.15) is 43.5 Å². The second-order valence-corrected chi connectivity index (χ2v) is 6.12. The topological polar surface area (TPSA) is 66.5 Å². The van der Waals surface area contributed by atoms with Gasteiger partial charge in [0.15, 0.2) is 11.8 Å². The van der Waals surface area contributed by atoms with Crippen molar-refractivity contribution in [3.05, 3.63) is 47.6 Å². The average molecular weight is 329 g/mol. The van der Waals surface area contributed by atoms with E-state index in [-0.39, 0.29) is 0 Å². The highest BCUT2D eigenvalue weighted by Crippen LogP contribution is 2.10. The van der Waals surface area contributed by atoms with Crippen molar-refractivity contribution in [3.63, 3.8) is 0 Å². The van der Waals surface area contributed by atoms with Gasteiger partial charge in [-0.1, -0.05) is 49.3 Å². The van der Waals surface area contributed by atoms with Gasteiger partial charge in [0, 0.05) is 39.5 Å². The van der Waals surface area contributed by atoms with Gasteiger partial charge in [-0.15, -0.1) is 0 Å². The van der Waals surface area contributed by atoms with Gasteiger partial charge >= 0.3 is 0 Å². The maximum atomic E-state index is 5.26. The van der Waals surface area contributed by atoms with E-state index >= 15 is 0 Å². The van der Waals surface area contributed by atoms with Crippen LogP contribution in [0.5, 0.6) is 0 Å². The Morgan fingerprint density at radius 1 is 1.29 bits per heavy atom. The van der Waals surface area contributed by atoms with E-state index in [2.05, 4.69) is 63.5 Å². The summed E-state index contributed by atoms with van der Waals surface area (Å²) in [5.41, 5.74) is 1.26. The first-order valence-corrected chi connectivity index (χ1v) is 8.38. The third-order valence-corrected chi connectivity index (χ3v) is 3.69. The van der Waals surface area contributed by atoms with Gasteiger partial charge in [0.05, 0.1) is 0 Å². The van der Waals surface area contributed by atoms with Crippen molar-refractivity contribution in [1.82, 2.24) is 20.4 Å². The summed E-state index contributed by atoms with van der Waals surface area (Å²) in [7, 11) is 3.84. The largest absolute Gasteiger partial charge is 0.356 e. The third kappa shape index (κ3) is 5.37. The van der Waals surface area contributed by atoms with Crippen LogP contribution in [0.4, 0.5) is 0 Å². The zero-order valence-electron chi connectivity index (χ0n) is 15.0. The second-order valence-electron chi connectivity index (χ2n) is 6.12. The molecule has 0 atom stereocenters. The van der Waals surface area contributed by atoms with Gasteiger partial charge in [-0.2, -0.15) is 4.98 Å². The van der Waals surface area contributed by atoms with Crippen LogP contribution in [-0.4, -0.2) is 41.6 Å². The first-order chi connectivity index (χ1) is 11.6. The predicted octanol–water partition coefficient (Wildman–Crippen LogP) is 2.83. The van der Waals surface area contributed by atoms with Gasteiger partial charge in [-0.05, 0) is 12.0 Å². The van der Waals surface area contributed by atoms with Crippen molar-refractivity contribution < 1.29 is 4.52 Å². The number of nitrogens with one attached hydrogen (secondary N) is 1. The Bertz CT molecular complexity index is 636. The van der Waals surface area contributed by atoms with E-state index in [4.69, 9.17) is 4.52 Å². The molecule has 0 unspecified atom stereocenters. The number of aliphatic imine (C=N–C) groups is 1. The van der Waals surface area contributed by atoms with Crippen molar-refractivity contribution in [3.8, 4) is 0 Å². The van der Waals surface area contributed by atoms with Crippen molar-refractivity contribution in [2.24, 2.45) is 4.99 Å². The van der Waals surface area contributed by atoms with E-state index in [0.29, 0.717) is 11.8 Å². The highest BCUT2D eigenvalue weighted by atomic mass is 16.5. The first-order valence-electron chi connectivity index (χ1n) is 8.38. The summed E-state index contributed by atoms with van der Waals surface area (Å²) in [5.74, 6) is 2.66. The normalized spacial score (nSPS) is 11.8. The van der Waals surface area contributed by atoms with Gasteiger partial charge < -0.3 is 14.7 Å². The number of benzene rings is 1. The molecule has 0 radical (unpaired) electrons. The molecule has 1 heterocycles. The number of nitrogens with zero attached hydrogens (tertiary/aromatic N) is 4. The van der Waals surface area contributed by atoms with Crippen molar-refractivity contribution in [1.29, 1.82) is 0 Å². The maximum absolute atomic E-state index is 5.26. The lowest BCUT2D eigenvalue weighted by molar-refractivity contribution is 0.368. The van der Waals surface area contributed by atoms with E-state index in [0.717, 1.165) is 37.7 Å². The van der Waals surface area contributed by atoms with Gasteiger partial charge in [0.2, 0.25) is 5.89 Å². The highest BCUT2D eigenvalue weighted by molar-refractivity contribution is 5.79. The smallest absolute Gasteiger partial charge is 0.226 e. The van der Waals surface area contributed by atoms with Gasteiger partial charge in [-0.25, -0.2) is 0 Å². The number of hydrogen-bond donors (Lipinski definition) is 1. The van der Waals surface area contributed by atoms with Crippen molar-refractivity contribution in [2.75, 3.05) is 20.6 Å². The van der Waals surface area contributed by atoms with E-state index in [1.165, 1.54) is 5.56 Å². The maximum Gasteiger partial charge on any atom is 0.226 e. The molecule has 0 saturated heterocycles. The third-order valence-electron chi connectivity index (χ3n) is 3.69. The van der Waals surface area contributed by atoms with Crippen molar-refractivity contribution in [2.45, 2.75) is 39.2 Å². The Kier molecular flexibility index (Phi) is 6.78. The fourth-order valence-corrected chi connectivity index (χ4v) is 2.36. The van der Waals surface area contributed by atoms with Crippen LogP contribution >= 0.6 is 0 Å². The molecule has 0 aliphatic carbocycles. The Balaban J connectivity index is 1.74. The Hall–Kier alpha value is -2.37. The lowest BCUT2D eigenvalue weighted by atomic mass is 10.2. The van der Waals surface area contributed by atoms with Crippen LogP contribution in [0.2, 0.25) is 0 Å². The summed E-state index contributed by atoms with van der Waals surface area (Å²) < 4.78 is 5.26. The minimum Gasteiger partial charge on any atom is -0.356 e. The van der Waals surface area contributed by atoms with Crippen molar-refractivity contribution >= 4 is 5.96 Å². The van der Waals surface area contributed by atoms with E-state index < -0.39 is 0 Å². The lowest BCUT2D eigenvalue weighted by Crippen LogP contribution is -2.39. The highest BCUT2D eigenvalue weighted by Gasteiger charge is 2.10. The van der Waals surface area contributed by atoms with Crippen LogP contribution in [0.15, 0.2) is 39.8 Å². The molecule has 1 N–H and O–H groups in total. The summed E-state index contributed by atoms with van der Waals surface area (Å²) in [6.45, 7) is 5.75. The zero-order chi connectivity index (χ0) is 17.4. The number of guanidine groups is 1. The fraction of sp³-hybridized carbons (Fsp3) is 0.500. The summed E-state index contributed by atoms with van der Waals surface area (Å²) in [6.07, 6.45) is 1.68. The lowest BCUT2D eigenvalue weighted by Gasteiger charge is -2.22. The molecule has 24 heavy (non-hydrogen) atoms. The summed E-state index contributed by atoms with van der Waals surface area (Å²) in [4.78, 5) is 10.8. The molecule has 2 rings (SSSR count). The number of aromatic nitrogens is 2. The molecular weight excluding hydrogens is 302 g/mol. The fourth-order valence-electron chi connectivity index (χ4n) is 2.36. The van der Waals surface area contributed by atoms with Crippen LogP contribution in [-0.2, 0) is 13.0 Å². The molecule has 0 amide bonds. The monoisotopic (exact) mass is 329 g/mol. The molecule has 6 heteroatoms. The molecule has 0 fully saturated rings. The Morgan fingerprint density at radius 3 is 2.67 bits per heavy atom. The number of aryl methyl sites for hydroxylation is 1. The van der Waals surface area contributed by atoms with Gasteiger partial charge in [0.1, 0.15) is 0 Å². The average Bonchev–Trinajstić information content (AvgIpc) is 3.05. The van der Waals surface area contributed by atoms with E-state index in [9.17, 15) is 0 Å². The van der Waals surface area contributed by atoms with Crippen LogP contribution in [0.3, 0.4) is 0 Å². The molecule has 130 valence electrons. The molecule has 6 nitrogen and oxygen atoms in total. The molecule has 2 aromatic rings. The molecule has 0 spiro atoms. The molecular formula is C18H27N5O. The minimum absolute atomic E-state index is 0.297. The van der Waals surface area contributed by atoms with Crippen LogP contribution < -0.4 is 5.32 Å². The van der Waals surface area contributed by atoms with Gasteiger partial charge in [-0.3, -0.25) is 4.99 Å². The Morgan fingerprint density at radius 2 is 2.04 bits per heavy atom. The molecule has 0 aliphatic rings. The number of rotatable bonds is 7. The standard InChI is InChI=1S/C18H27N5O/c1-14(2)17-21-16(24-22-17)11-8-12-20-18(19-3)23(4)13-15-9-6-5-7-10-15/h5-7,9-10,14H,8,11-13H2,1-4H3,(H,19,20). The SMILES string of the molecule is CN=C(NCCCc1nc(C(C)C)no1)N(C)Cc1ccccc1. The van der Waals surface area contributed by atoms with Crippen LogP contribution in [0.25, 0.3) is 0 Å². The molecule has 0 aliphatic heterocycles. The molecule has 0 saturated carbocycles. The quantitative estimate of drug-likeness (QED) is 0.481. The van der Waals surface area contributed by atoms with E-state index in [1.54, 1.807) is 7.05 Å². The summed E-state index contributed by atoms with van der Waals surface area (Å²) in [6, 6.07) is 10.4. The van der Waals surface area contributed by atoms with Gasteiger partial charge in [0.25, 0.3) is 0 Å². The molecule has 0 bridgehead atoms.